The summed E-state index contributed by atoms with van der Waals surface area (Å²) in [5, 5.41) is 20.1. The van der Waals surface area contributed by atoms with Crippen molar-refractivity contribution in [2.24, 2.45) is 0 Å². The van der Waals surface area contributed by atoms with Gasteiger partial charge in [-0.2, -0.15) is 0 Å². The number of nitrogens with zero attached hydrogens (tertiary/aromatic N) is 3. The number of aromatic carboxylic acids is 1. The SMILES string of the molecule is O=C(O)c1cn(CCNc2cc(Cl)ccc2Cl)nn1. The van der Waals surface area contributed by atoms with Gasteiger partial charge in [0.2, 0.25) is 0 Å². The molecule has 0 unspecified atom stereocenters. The molecule has 19 heavy (non-hydrogen) atoms. The highest BCUT2D eigenvalue weighted by atomic mass is 35.5. The van der Waals surface area contributed by atoms with E-state index in [0.717, 1.165) is 0 Å². The van der Waals surface area contributed by atoms with Gasteiger partial charge in [-0.1, -0.05) is 28.4 Å². The van der Waals surface area contributed by atoms with Crippen LogP contribution in [0.1, 0.15) is 10.5 Å². The standard InChI is InChI=1S/C11H10Cl2N4O2/c12-7-1-2-8(13)9(5-7)14-3-4-17-6-10(11(18)19)15-16-17/h1-2,5-6,14H,3-4H2,(H,18,19). The number of halogens is 2. The smallest absolute Gasteiger partial charge is 0.358 e. The van der Waals surface area contributed by atoms with E-state index in [2.05, 4.69) is 15.6 Å². The third-order valence-electron chi connectivity index (χ3n) is 2.34. The second kappa shape index (κ2) is 5.90. The van der Waals surface area contributed by atoms with Crippen molar-refractivity contribution in [1.29, 1.82) is 0 Å². The Balaban J connectivity index is 1.92. The Morgan fingerprint density at radius 3 is 2.89 bits per heavy atom. The number of hydrogen-bond donors (Lipinski definition) is 2. The Morgan fingerprint density at radius 2 is 2.21 bits per heavy atom. The molecule has 6 nitrogen and oxygen atoms in total. The summed E-state index contributed by atoms with van der Waals surface area (Å²) >= 11 is 11.8. The van der Waals surface area contributed by atoms with Crippen molar-refractivity contribution in [1.82, 2.24) is 15.0 Å². The number of carboxylic acid groups (broad SMARTS) is 1. The van der Waals surface area contributed by atoms with Gasteiger partial charge in [0.1, 0.15) is 0 Å². The van der Waals surface area contributed by atoms with Crippen LogP contribution in [-0.2, 0) is 6.54 Å². The lowest BCUT2D eigenvalue weighted by molar-refractivity contribution is 0.0690. The molecule has 100 valence electrons. The molecule has 0 bridgehead atoms. The molecule has 0 amide bonds. The maximum Gasteiger partial charge on any atom is 0.358 e. The van der Waals surface area contributed by atoms with Crippen molar-refractivity contribution < 1.29 is 9.90 Å². The Labute approximate surface area is 118 Å². The number of hydrogen-bond acceptors (Lipinski definition) is 4. The minimum Gasteiger partial charge on any atom is -0.476 e. The van der Waals surface area contributed by atoms with Gasteiger partial charge < -0.3 is 10.4 Å². The van der Waals surface area contributed by atoms with E-state index in [1.165, 1.54) is 10.9 Å². The van der Waals surface area contributed by atoms with Crippen molar-refractivity contribution in [2.75, 3.05) is 11.9 Å². The molecule has 0 spiro atoms. The highest BCUT2D eigenvalue weighted by Gasteiger charge is 2.07. The summed E-state index contributed by atoms with van der Waals surface area (Å²) in [4.78, 5) is 10.6. The molecule has 0 radical (unpaired) electrons. The first kappa shape index (κ1) is 13.6. The molecule has 0 aliphatic rings. The van der Waals surface area contributed by atoms with Crippen molar-refractivity contribution in [3.63, 3.8) is 0 Å². The quantitative estimate of drug-likeness (QED) is 0.886. The molecule has 2 rings (SSSR count). The first-order chi connectivity index (χ1) is 9.06. The fourth-order valence-corrected chi connectivity index (χ4v) is 1.80. The van der Waals surface area contributed by atoms with E-state index in [4.69, 9.17) is 28.3 Å². The number of nitrogens with one attached hydrogen (secondary N) is 1. The average molecular weight is 301 g/mol. The van der Waals surface area contributed by atoms with Gasteiger partial charge in [0.05, 0.1) is 23.5 Å². The summed E-state index contributed by atoms with van der Waals surface area (Å²) in [6.45, 7) is 0.978. The normalized spacial score (nSPS) is 10.4. The monoisotopic (exact) mass is 300 g/mol. The summed E-state index contributed by atoms with van der Waals surface area (Å²) < 4.78 is 1.44. The van der Waals surface area contributed by atoms with Crippen LogP contribution in [0.2, 0.25) is 10.0 Å². The topological polar surface area (TPSA) is 80.0 Å². The summed E-state index contributed by atoms with van der Waals surface area (Å²) in [6.07, 6.45) is 1.36. The van der Waals surface area contributed by atoms with Gasteiger partial charge in [-0.05, 0) is 18.2 Å². The molecule has 0 aliphatic carbocycles. The largest absolute Gasteiger partial charge is 0.476 e. The van der Waals surface area contributed by atoms with Crippen LogP contribution < -0.4 is 5.32 Å². The molecule has 0 saturated carbocycles. The van der Waals surface area contributed by atoms with Crippen LogP contribution >= 0.6 is 23.2 Å². The Morgan fingerprint density at radius 1 is 1.42 bits per heavy atom. The van der Waals surface area contributed by atoms with E-state index in [-0.39, 0.29) is 5.69 Å². The number of benzene rings is 1. The lowest BCUT2D eigenvalue weighted by Crippen LogP contribution is -2.11. The van der Waals surface area contributed by atoms with Crippen molar-refractivity contribution in [3.05, 3.63) is 40.1 Å². The second-order valence-corrected chi connectivity index (χ2v) is 4.57. The molecule has 2 aromatic rings. The van der Waals surface area contributed by atoms with E-state index in [0.29, 0.717) is 28.8 Å². The Hall–Kier alpha value is -1.79. The first-order valence-corrected chi connectivity index (χ1v) is 6.14. The minimum absolute atomic E-state index is 0.0826. The maximum absolute atomic E-state index is 10.6. The fourth-order valence-electron chi connectivity index (χ4n) is 1.44. The van der Waals surface area contributed by atoms with Crippen LogP contribution in [0.15, 0.2) is 24.4 Å². The van der Waals surface area contributed by atoms with Crippen LogP contribution in [0, 0.1) is 0 Å². The van der Waals surface area contributed by atoms with Gasteiger partial charge in [-0.15, -0.1) is 5.10 Å². The predicted molar refractivity (Wildman–Crippen MR) is 71.9 cm³/mol. The van der Waals surface area contributed by atoms with Gasteiger partial charge in [0.15, 0.2) is 5.69 Å². The van der Waals surface area contributed by atoms with Crippen molar-refractivity contribution in [2.45, 2.75) is 6.54 Å². The summed E-state index contributed by atoms with van der Waals surface area (Å²) in [5.41, 5.74) is 0.633. The number of carboxylic acids is 1. The molecule has 1 heterocycles. The third-order valence-corrected chi connectivity index (χ3v) is 2.91. The van der Waals surface area contributed by atoms with Crippen LogP contribution in [0.3, 0.4) is 0 Å². The van der Waals surface area contributed by atoms with Crippen molar-refractivity contribution in [3.8, 4) is 0 Å². The lowest BCUT2D eigenvalue weighted by atomic mass is 10.3. The van der Waals surface area contributed by atoms with Crippen LogP contribution in [0.25, 0.3) is 0 Å². The first-order valence-electron chi connectivity index (χ1n) is 5.38. The molecule has 0 saturated heterocycles. The average Bonchev–Trinajstić information content (AvgIpc) is 2.82. The summed E-state index contributed by atoms with van der Waals surface area (Å²) in [6, 6.07) is 5.11. The van der Waals surface area contributed by atoms with Gasteiger partial charge in [-0.3, -0.25) is 0 Å². The van der Waals surface area contributed by atoms with E-state index in [1.54, 1.807) is 18.2 Å². The molecule has 0 aliphatic heterocycles. The van der Waals surface area contributed by atoms with Crippen LogP contribution in [0.4, 0.5) is 5.69 Å². The van der Waals surface area contributed by atoms with E-state index >= 15 is 0 Å². The molecular weight excluding hydrogens is 291 g/mol. The van der Waals surface area contributed by atoms with Gasteiger partial charge in [0, 0.05) is 11.6 Å². The fraction of sp³-hybridized carbons (Fsp3) is 0.182. The molecule has 1 aromatic heterocycles. The minimum atomic E-state index is -1.10. The van der Waals surface area contributed by atoms with Gasteiger partial charge in [-0.25, -0.2) is 9.48 Å². The molecule has 2 N–H and O–H groups in total. The van der Waals surface area contributed by atoms with Crippen LogP contribution in [0.5, 0.6) is 0 Å². The van der Waals surface area contributed by atoms with E-state index in [1.807, 2.05) is 0 Å². The van der Waals surface area contributed by atoms with E-state index in [9.17, 15) is 4.79 Å². The van der Waals surface area contributed by atoms with Crippen molar-refractivity contribution >= 4 is 34.9 Å². The Bertz CT molecular complexity index is 600. The molecular formula is C11H10Cl2N4O2. The zero-order valence-electron chi connectivity index (χ0n) is 9.68. The maximum atomic E-state index is 10.6. The zero-order chi connectivity index (χ0) is 13.8. The molecule has 0 atom stereocenters. The third kappa shape index (κ3) is 3.59. The van der Waals surface area contributed by atoms with Crippen LogP contribution in [-0.4, -0.2) is 32.6 Å². The number of carbonyl (C=O) groups is 1. The lowest BCUT2D eigenvalue weighted by Gasteiger charge is -2.08. The van der Waals surface area contributed by atoms with Gasteiger partial charge in [0.25, 0.3) is 0 Å². The summed E-state index contributed by atoms with van der Waals surface area (Å²) in [7, 11) is 0. The predicted octanol–water partition coefficient (Wildman–Crippen LogP) is 2.40. The molecule has 0 fully saturated rings. The molecule has 8 heteroatoms. The highest BCUT2D eigenvalue weighted by Crippen LogP contribution is 2.25. The number of rotatable bonds is 5. The van der Waals surface area contributed by atoms with Gasteiger partial charge >= 0.3 is 5.97 Å². The number of aromatic nitrogens is 3. The highest BCUT2D eigenvalue weighted by molar-refractivity contribution is 6.35. The Kier molecular flexibility index (Phi) is 4.24. The van der Waals surface area contributed by atoms with E-state index < -0.39 is 5.97 Å². The second-order valence-electron chi connectivity index (χ2n) is 3.72. The number of anilines is 1. The molecule has 1 aromatic carbocycles. The zero-order valence-corrected chi connectivity index (χ0v) is 11.2. The summed E-state index contributed by atoms with van der Waals surface area (Å²) in [5.74, 6) is -1.10.